The number of nitrogens with two attached hydrogens (primary N) is 1. The monoisotopic (exact) mass is 324 g/mol. The molecule has 1 aromatic carbocycles. The Labute approximate surface area is 138 Å². The van der Waals surface area contributed by atoms with Crippen LogP contribution in [0.2, 0.25) is 0 Å². The number of aryl methyl sites for hydroxylation is 1. The molecule has 24 heavy (non-hydrogen) atoms. The van der Waals surface area contributed by atoms with Crippen molar-refractivity contribution in [3.63, 3.8) is 0 Å². The first-order valence-electron chi connectivity index (χ1n) is 7.23. The van der Waals surface area contributed by atoms with Crippen LogP contribution in [0.4, 0.5) is 17.6 Å². The number of carbonyl (C=O) groups excluding carboxylic acids is 1. The fourth-order valence-corrected chi connectivity index (χ4v) is 2.09. The normalized spacial score (nSPS) is 10.4. The van der Waals surface area contributed by atoms with Crippen molar-refractivity contribution in [2.24, 2.45) is 7.05 Å². The van der Waals surface area contributed by atoms with Gasteiger partial charge in [0.2, 0.25) is 11.9 Å². The Balaban J connectivity index is 1.70. The summed E-state index contributed by atoms with van der Waals surface area (Å²) in [6.45, 7) is -0.0970. The van der Waals surface area contributed by atoms with Crippen molar-refractivity contribution in [3.05, 3.63) is 60.2 Å². The molecule has 3 N–H and O–H groups in total. The van der Waals surface area contributed by atoms with Crippen LogP contribution in [-0.4, -0.2) is 25.5 Å². The Bertz CT molecular complexity index is 847. The van der Waals surface area contributed by atoms with Crippen LogP contribution in [0.15, 0.2) is 48.7 Å². The number of nitrogens with zero attached hydrogens (tertiary/aromatic N) is 4. The fourth-order valence-electron chi connectivity index (χ4n) is 2.09. The molecular weight excluding hydrogens is 308 g/mol. The zero-order valence-electron chi connectivity index (χ0n) is 13.0. The minimum atomic E-state index is -0.459. The minimum absolute atomic E-state index is 0.0494. The highest BCUT2D eigenvalue weighted by Gasteiger charge is 2.12. The summed E-state index contributed by atoms with van der Waals surface area (Å²) in [7, 11) is 1.76. The van der Waals surface area contributed by atoms with Gasteiger partial charge in [-0.15, -0.1) is 0 Å². The van der Waals surface area contributed by atoms with Gasteiger partial charge in [-0.05, 0) is 24.3 Å². The van der Waals surface area contributed by atoms with Crippen LogP contribution >= 0.6 is 0 Å². The molecule has 0 fully saturated rings. The third kappa shape index (κ3) is 3.67. The number of nitrogen functional groups attached to an aromatic ring is 1. The predicted molar refractivity (Wildman–Crippen MR) is 88.5 cm³/mol. The molecular formula is C16H16N6O2. The van der Waals surface area contributed by atoms with Gasteiger partial charge in [0.1, 0.15) is 5.69 Å². The molecule has 0 amide bonds. The number of ether oxygens (including phenoxy) is 1. The average molecular weight is 324 g/mol. The minimum Gasteiger partial charge on any atom is -0.453 e. The summed E-state index contributed by atoms with van der Waals surface area (Å²) >= 11 is 0. The largest absolute Gasteiger partial charge is 0.453 e. The zero-order chi connectivity index (χ0) is 16.9. The molecule has 0 radical (unpaired) electrons. The van der Waals surface area contributed by atoms with Gasteiger partial charge < -0.3 is 20.4 Å². The van der Waals surface area contributed by atoms with E-state index in [2.05, 4.69) is 20.3 Å². The van der Waals surface area contributed by atoms with E-state index in [9.17, 15) is 4.79 Å². The second-order valence-electron chi connectivity index (χ2n) is 5.00. The lowest BCUT2D eigenvalue weighted by molar-refractivity contribution is 0.0451. The zero-order valence-corrected chi connectivity index (χ0v) is 13.0. The topological polar surface area (TPSA) is 108 Å². The first-order valence-corrected chi connectivity index (χ1v) is 7.23. The third-order valence-corrected chi connectivity index (χ3v) is 3.21. The summed E-state index contributed by atoms with van der Waals surface area (Å²) in [5, 5.41) is 3.02. The van der Waals surface area contributed by atoms with Crippen molar-refractivity contribution in [1.82, 2.24) is 19.5 Å². The maximum atomic E-state index is 12.0. The number of esters is 1. The maximum absolute atomic E-state index is 12.0. The number of aromatic nitrogens is 4. The van der Waals surface area contributed by atoms with Crippen molar-refractivity contribution in [3.8, 4) is 0 Å². The molecule has 122 valence electrons. The summed E-state index contributed by atoms with van der Waals surface area (Å²) in [4.78, 5) is 24.2. The molecule has 0 bridgehead atoms. The molecule has 0 aliphatic carbocycles. The molecule has 0 spiro atoms. The molecule has 8 nitrogen and oxygen atoms in total. The van der Waals surface area contributed by atoms with Crippen LogP contribution in [0.5, 0.6) is 0 Å². The van der Waals surface area contributed by atoms with Gasteiger partial charge in [-0.2, -0.15) is 15.0 Å². The lowest BCUT2D eigenvalue weighted by atomic mass is 10.3. The van der Waals surface area contributed by atoms with Gasteiger partial charge in [-0.25, -0.2) is 4.79 Å². The van der Waals surface area contributed by atoms with Crippen LogP contribution < -0.4 is 11.1 Å². The molecule has 8 heteroatoms. The number of hydrogen-bond acceptors (Lipinski definition) is 7. The Morgan fingerprint density at radius 3 is 2.67 bits per heavy atom. The number of nitrogens with one attached hydrogen (secondary N) is 1. The molecule has 0 unspecified atom stereocenters. The van der Waals surface area contributed by atoms with Gasteiger partial charge in [0.15, 0.2) is 12.4 Å². The van der Waals surface area contributed by atoms with Crippen molar-refractivity contribution in [2.75, 3.05) is 11.1 Å². The molecule has 3 rings (SSSR count). The van der Waals surface area contributed by atoms with Crippen LogP contribution in [0.25, 0.3) is 0 Å². The number of anilines is 3. The molecule has 2 aromatic heterocycles. The lowest BCUT2D eigenvalue weighted by Gasteiger charge is -2.08. The van der Waals surface area contributed by atoms with E-state index in [0.717, 1.165) is 5.69 Å². The molecule has 0 aliphatic heterocycles. The highest BCUT2D eigenvalue weighted by molar-refractivity contribution is 5.87. The molecule has 0 saturated heterocycles. The second kappa shape index (κ2) is 6.78. The summed E-state index contributed by atoms with van der Waals surface area (Å²) in [6, 6.07) is 12.8. The number of carbonyl (C=O) groups is 1. The first kappa shape index (κ1) is 15.5. The Morgan fingerprint density at radius 2 is 1.96 bits per heavy atom. The van der Waals surface area contributed by atoms with E-state index in [1.165, 1.54) is 0 Å². The number of hydrogen-bond donors (Lipinski definition) is 2. The molecule has 0 atom stereocenters. The van der Waals surface area contributed by atoms with Crippen molar-refractivity contribution >= 4 is 23.6 Å². The van der Waals surface area contributed by atoms with Gasteiger partial charge in [0, 0.05) is 18.9 Å². The molecule has 0 saturated carbocycles. The Hall–Kier alpha value is -3.42. The van der Waals surface area contributed by atoms with Crippen molar-refractivity contribution in [2.45, 2.75) is 6.61 Å². The number of benzene rings is 1. The lowest BCUT2D eigenvalue weighted by Crippen LogP contribution is -2.13. The highest BCUT2D eigenvalue weighted by Crippen LogP contribution is 2.13. The van der Waals surface area contributed by atoms with Crippen LogP contribution in [0.1, 0.15) is 16.3 Å². The summed E-state index contributed by atoms with van der Waals surface area (Å²) < 4.78 is 6.89. The molecule has 2 heterocycles. The van der Waals surface area contributed by atoms with Gasteiger partial charge in [0.05, 0.1) is 0 Å². The van der Waals surface area contributed by atoms with Gasteiger partial charge in [-0.1, -0.05) is 18.2 Å². The Morgan fingerprint density at radius 1 is 1.17 bits per heavy atom. The summed E-state index contributed by atoms with van der Waals surface area (Å²) in [5.41, 5.74) is 6.95. The first-order chi connectivity index (χ1) is 11.6. The van der Waals surface area contributed by atoms with Gasteiger partial charge in [-0.3, -0.25) is 0 Å². The van der Waals surface area contributed by atoms with E-state index in [-0.39, 0.29) is 18.4 Å². The van der Waals surface area contributed by atoms with Crippen molar-refractivity contribution in [1.29, 1.82) is 0 Å². The van der Waals surface area contributed by atoms with Crippen LogP contribution in [0.3, 0.4) is 0 Å². The number of para-hydroxylation sites is 1. The smallest absolute Gasteiger partial charge is 0.355 e. The van der Waals surface area contributed by atoms with Crippen LogP contribution in [-0.2, 0) is 18.4 Å². The summed E-state index contributed by atoms with van der Waals surface area (Å²) in [6.07, 6.45) is 1.76. The third-order valence-electron chi connectivity index (χ3n) is 3.21. The van der Waals surface area contributed by atoms with E-state index >= 15 is 0 Å². The van der Waals surface area contributed by atoms with E-state index in [1.807, 2.05) is 30.3 Å². The SMILES string of the molecule is Cn1cccc1C(=O)OCc1nc(N)nc(Nc2ccccc2)n1. The maximum Gasteiger partial charge on any atom is 0.355 e. The van der Waals surface area contributed by atoms with E-state index in [4.69, 9.17) is 10.5 Å². The second-order valence-corrected chi connectivity index (χ2v) is 5.00. The molecule has 0 aliphatic rings. The fraction of sp³-hybridized carbons (Fsp3) is 0.125. The Kier molecular flexibility index (Phi) is 4.37. The van der Waals surface area contributed by atoms with E-state index in [1.54, 1.807) is 29.9 Å². The van der Waals surface area contributed by atoms with Gasteiger partial charge in [0.25, 0.3) is 0 Å². The highest BCUT2D eigenvalue weighted by atomic mass is 16.5. The van der Waals surface area contributed by atoms with E-state index < -0.39 is 5.97 Å². The molecule has 3 aromatic rings. The number of rotatable bonds is 5. The standard InChI is InChI=1S/C16H16N6O2/c1-22-9-5-8-12(22)14(23)24-10-13-19-15(17)21-16(20-13)18-11-6-3-2-4-7-11/h2-9H,10H2,1H3,(H3,17,18,19,20,21). The average Bonchev–Trinajstić information content (AvgIpc) is 2.99. The quantitative estimate of drug-likeness (QED) is 0.690. The van der Waals surface area contributed by atoms with Gasteiger partial charge >= 0.3 is 5.97 Å². The predicted octanol–water partition coefficient (Wildman–Crippen LogP) is 1.89. The van der Waals surface area contributed by atoms with Crippen molar-refractivity contribution < 1.29 is 9.53 Å². The van der Waals surface area contributed by atoms with Crippen LogP contribution in [0, 0.1) is 0 Å². The van der Waals surface area contributed by atoms with E-state index in [0.29, 0.717) is 11.6 Å². The summed E-state index contributed by atoms with van der Waals surface area (Å²) in [5.74, 6) is 0.148.